The van der Waals surface area contributed by atoms with Crippen LogP contribution in [0.4, 0.5) is 4.39 Å². The van der Waals surface area contributed by atoms with E-state index in [0.29, 0.717) is 0 Å². The highest BCUT2D eigenvalue weighted by Gasteiger charge is 1.97. The van der Waals surface area contributed by atoms with Crippen molar-refractivity contribution in [2.75, 3.05) is 7.11 Å². The Bertz CT molecular complexity index is 327. The lowest BCUT2D eigenvalue weighted by atomic mass is 10.2. The van der Waals surface area contributed by atoms with Crippen LogP contribution in [0.1, 0.15) is 0 Å². The molecule has 0 saturated carbocycles. The van der Waals surface area contributed by atoms with Crippen LogP contribution in [0.5, 0.6) is 0 Å². The monoisotopic (exact) mass is 294 g/mol. The van der Waals surface area contributed by atoms with E-state index < -0.39 is 5.97 Å². The first-order valence-electron chi connectivity index (χ1n) is 3.51. The molecule has 1 aliphatic rings. The molecule has 0 aromatic rings. The van der Waals surface area contributed by atoms with Gasteiger partial charge in [-0.05, 0) is 21.7 Å². The standard InChI is InChI=1S/C9H8FIO2/c1-13-9(12)3-2-7-4-8(10)6-11-5-7/h2-6H,1H3/b3-2+. The lowest BCUT2D eigenvalue weighted by Gasteiger charge is -1.97. The van der Waals surface area contributed by atoms with Crippen LogP contribution >= 0.6 is 20.7 Å². The minimum absolute atomic E-state index is 0.222. The van der Waals surface area contributed by atoms with Crippen molar-refractivity contribution in [2.45, 2.75) is 0 Å². The number of rotatable bonds is 2. The van der Waals surface area contributed by atoms with E-state index >= 15 is 0 Å². The third-order valence-electron chi connectivity index (χ3n) is 1.27. The Morgan fingerprint density at radius 3 is 3.08 bits per heavy atom. The highest BCUT2D eigenvalue weighted by Crippen LogP contribution is 2.17. The summed E-state index contributed by atoms with van der Waals surface area (Å²) in [5.41, 5.74) is 0.734. The van der Waals surface area contributed by atoms with E-state index in [0.717, 1.165) is 5.57 Å². The van der Waals surface area contributed by atoms with Gasteiger partial charge in [0.25, 0.3) is 0 Å². The summed E-state index contributed by atoms with van der Waals surface area (Å²) in [6.45, 7) is 0. The predicted octanol–water partition coefficient (Wildman–Crippen LogP) is 2.24. The van der Waals surface area contributed by atoms with Crippen LogP contribution in [0, 0.1) is 0 Å². The third-order valence-corrected chi connectivity index (χ3v) is 3.31. The minimum Gasteiger partial charge on any atom is -0.466 e. The van der Waals surface area contributed by atoms with Gasteiger partial charge in [0.05, 0.1) is 7.11 Å². The smallest absolute Gasteiger partial charge is 0.330 e. The lowest BCUT2D eigenvalue weighted by molar-refractivity contribution is -0.134. The number of hydrogen-bond donors (Lipinski definition) is 0. The van der Waals surface area contributed by atoms with E-state index in [4.69, 9.17) is 0 Å². The molecule has 0 aliphatic carbocycles. The molecule has 0 aromatic heterocycles. The summed E-state index contributed by atoms with van der Waals surface area (Å²) in [6, 6.07) is 0. The summed E-state index contributed by atoms with van der Waals surface area (Å²) >= 11 is -0.336. The average Bonchev–Trinajstić information content (AvgIpc) is 2.14. The Kier molecular flexibility index (Phi) is 4.01. The molecular weight excluding hydrogens is 286 g/mol. The summed E-state index contributed by atoms with van der Waals surface area (Å²) in [5, 5.41) is 0. The molecule has 0 amide bonds. The van der Waals surface area contributed by atoms with Crippen molar-refractivity contribution < 1.29 is 13.9 Å². The van der Waals surface area contributed by atoms with Crippen molar-refractivity contribution in [3.8, 4) is 0 Å². The quantitative estimate of drug-likeness (QED) is 0.443. The molecule has 4 heteroatoms. The molecule has 70 valence electrons. The van der Waals surface area contributed by atoms with Crippen LogP contribution in [0.15, 0.2) is 33.7 Å². The number of carbonyl (C=O) groups is 1. The first kappa shape index (κ1) is 10.3. The van der Waals surface area contributed by atoms with Crippen LogP contribution in [0.3, 0.4) is 0 Å². The molecule has 0 N–H and O–H groups in total. The van der Waals surface area contributed by atoms with Gasteiger partial charge in [0.2, 0.25) is 0 Å². The molecule has 0 bridgehead atoms. The summed E-state index contributed by atoms with van der Waals surface area (Å²) < 4.78 is 20.6. The number of allylic oxidation sites excluding steroid dienone is 4. The van der Waals surface area contributed by atoms with E-state index in [1.54, 1.807) is 10.2 Å². The molecule has 0 spiro atoms. The van der Waals surface area contributed by atoms with Gasteiger partial charge in [0.15, 0.2) is 0 Å². The van der Waals surface area contributed by atoms with Gasteiger partial charge in [-0.3, -0.25) is 0 Å². The molecule has 0 atom stereocenters. The van der Waals surface area contributed by atoms with E-state index in [-0.39, 0.29) is 26.6 Å². The fourth-order valence-electron chi connectivity index (χ4n) is 0.703. The molecule has 1 aliphatic heterocycles. The minimum atomic E-state index is -0.428. The summed E-state index contributed by atoms with van der Waals surface area (Å²) in [4.78, 5) is 10.7. The third kappa shape index (κ3) is 3.63. The Hall–Kier alpha value is -0.780. The first-order chi connectivity index (χ1) is 6.22. The second-order valence-corrected chi connectivity index (χ2v) is 4.19. The number of halogens is 2. The second-order valence-electron chi connectivity index (χ2n) is 2.23. The molecule has 1 heterocycles. The van der Waals surface area contributed by atoms with Crippen molar-refractivity contribution in [3.63, 3.8) is 0 Å². The zero-order chi connectivity index (χ0) is 9.68. The number of methoxy groups -OCH3 is 1. The fourth-order valence-corrected chi connectivity index (χ4v) is 2.21. The van der Waals surface area contributed by atoms with E-state index in [1.807, 2.05) is 4.01 Å². The van der Waals surface area contributed by atoms with Crippen molar-refractivity contribution >= 4 is 30.7 Å². The maximum atomic E-state index is 12.7. The number of hydrogen-bond acceptors (Lipinski definition) is 2. The first-order valence-corrected chi connectivity index (χ1v) is 6.00. The molecule has 0 radical (unpaired) electrons. The molecule has 0 saturated heterocycles. The normalized spacial score (nSPS) is 16.2. The van der Waals surface area contributed by atoms with Gasteiger partial charge < -0.3 is 4.74 Å². The Morgan fingerprint density at radius 2 is 2.46 bits per heavy atom. The van der Waals surface area contributed by atoms with Crippen LogP contribution in [-0.2, 0) is 9.53 Å². The van der Waals surface area contributed by atoms with Gasteiger partial charge in [-0.2, -0.15) is 0 Å². The van der Waals surface area contributed by atoms with Gasteiger partial charge in [0, 0.05) is 10.2 Å². The van der Waals surface area contributed by atoms with E-state index in [9.17, 15) is 9.18 Å². The van der Waals surface area contributed by atoms with Gasteiger partial charge in [-0.1, -0.05) is 20.7 Å². The van der Waals surface area contributed by atoms with Crippen LogP contribution in [0.25, 0.3) is 0 Å². The van der Waals surface area contributed by atoms with E-state index in [2.05, 4.69) is 4.74 Å². The Morgan fingerprint density at radius 1 is 1.69 bits per heavy atom. The Labute approximate surface area is 85.5 Å². The second kappa shape index (κ2) is 5.06. The zero-order valence-electron chi connectivity index (χ0n) is 6.96. The SMILES string of the molecule is COC(=O)/C=C/C1=CC(F)=CI=C1. The average molecular weight is 294 g/mol. The van der Waals surface area contributed by atoms with Gasteiger partial charge in [-0.25, -0.2) is 9.18 Å². The molecular formula is C9H8FIO2. The largest absolute Gasteiger partial charge is 0.466 e. The van der Waals surface area contributed by atoms with Gasteiger partial charge in [0.1, 0.15) is 5.83 Å². The highest BCUT2D eigenvalue weighted by atomic mass is 127. The fraction of sp³-hybridized carbons (Fsp3) is 0.111. The van der Waals surface area contributed by atoms with Crippen molar-refractivity contribution in [3.05, 3.63) is 33.7 Å². The number of esters is 1. The molecule has 13 heavy (non-hydrogen) atoms. The molecule has 0 unspecified atom stereocenters. The van der Waals surface area contributed by atoms with E-state index in [1.165, 1.54) is 19.3 Å². The summed E-state index contributed by atoms with van der Waals surface area (Å²) in [7, 11) is 1.30. The number of ether oxygens (including phenoxy) is 1. The van der Waals surface area contributed by atoms with Crippen molar-refractivity contribution in [1.29, 1.82) is 0 Å². The molecule has 0 aromatic carbocycles. The zero-order valence-corrected chi connectivity index (χ0v) is 9.12. The maximum Gasteiger partial charge on any atom is 0.330 e. The highest BCUT2D eigenvalue weighted by molar-refractivity contribution is 14.2. The van der Waals surface area contributed by atoms with Crippen molar-refractivity contribution in [1.82, 2.24) is 0 Å². The van der Waals surface area contributed by atoms with Crippen LogP contribution in [0.2, 0.25) is 0 Å². The Balaban J connectivity index is 2.66. The summed E-state index contributed by atoms with van der Waals surface area (Å²) in [5.74, 6) is -0.651. The predicted molar refractivity (Wildman–Crippen MR) is 58.5 cm³/mol. The maximum absolute atomic E-state index is 12.7. The topological polar surface area (TPSA) is 26.3 Å². The molecule has 2 nitrogen and oxygen atoms in total. The number of carbonyl (C=O) groups excluding carboxylic acids is 1. The van der Waals surface area contributed by atoms with Crippen molar-refractivity contribution in [2.24, 2.45) is 0 Å². The van der Waals surface area contributed by atoms with Gasteiger partial charge in [-0.15, -0.1) is 0 Å². The summed E-state index contributed by atoms with van der Waals surface area (Å²) in [6.07, 6.45) is 4.23. The molecule has 1 rings (SSSR count). The van der Waals surface area contributed by atoms with Crippen LogP contribution in [-0.4, -0.2) is 17.1 Å². The molecule has 0 fully saturated rings. The van der Waals surface area contributed by atoms with Gasteiger partial charge >= 0.3 is 5.97 Å². The lowest BCUT2D eigenvalue weighted by Crippen LogP contribution is -1.94. The van der Waals surface area contributed by atoms with Crippen LogP contribution < -0.4 is 0 Å².